The van der Waals surface area contributed by atoms with Crippen molar-refractivity contribution in [1.29, 1.82) is 0 Å². The van der Waals surface area contributed by atoms with Crippen LogP contribution in [0.15, 0.2) is 66.9 Å². The second kappa shape index (κ2) is 18.1. The van der Waals surface area contributed by atoms with Crippen LogP contribution in [-0.4, -0.2) is 100 Å². The monoisotopic (exact) mass is 884 g/mol. The highest BCUT2D eigenvalue weighted by Gasteiger charge is 2.43. The lowest BCUT2D eigenvalue weighted by Gasteiger charge is -2.32. The normalized spacial score (nSPS) is 20.5. The zero-order chi connectivity index (χ0) is 45.5. The van der Waals surface area contributed by atoms with Gasteiger partial charge in [-0.25, -0.2) is 19.6 Å². The smallest absolute Gasteiger partial charge is 0.407 e. The summed E-state index contributed by atoms with van der Waals surface area (Å²) in [7, 11) is 4.23. The Bertz CT molecular complexity index is 2610. The second-order valence-corrected chi connectivity index (χ2v) is 17.9. The number of imidazole rings is 2. The van der Waals surface area contributed by atoms with Crippen LogP contribution in [0.4, 0.5) is 9.59 Å². The molecule has 65 heavy (non-hydrogen) atoms. The van der Waals surface area contributed by atoms with Gasteiger partial charge in [-0.3, -0.25) is 9.59 Å². The Morgan fingerprint density at radius 1 is 0.846 bits per heavy atom. The summed E-state index contributed by atoms with van der Waals surface area (Å²) in [5.41, 5.74) is 9.71. The standard InChI is InChI=1S/C49H56N8O8/c1-26(2)41(54-48(60)63-5)47(59)57-27(3)12-17-38(57)45-51-36-16-14-30-20-35-33-15-13-31(19-32(33)25-65-40(35)21-34(30)43(36)53-45)37-22-50-44(52-37)39-18-28(24-62-4)23-56(39)46(58)42(55-49(61)64-6)29-10-8-7-9-11-29/h7-11,13,15,19-22,26-28,38-39,41-42H,12,14,16-18,23-25H2,1-6H3,(H,50,52)(H,51,53)(H,54,60)(H,55,61). The Morgan fingerprint density at radius 2 is 1.63 bits per heavy atom. The molecule has 2 saturated heterocycles. The zero-order valence-corrected chi connectivity index (χ0v) is 37.6. The first-order valence-electron chi connectivity index (χ1n) is 22.4. The lowest BCUT2D eigenvalue weighted by Crippen LogP contribution is -2.52. The second-order valence-electron chi connectivity index (χ2n) is 17.9. The molecular formula is C49H56N8O8. The number of aromatic nitrogens is 4. The molecule has 5 heterocycles. The summed E-state index contributed by atoms with van der Waals surface area (Å²) in [4.78, 5) is 73.7. The van der Waals surface area contributed by atoms with E-state index in [0.717, 1.165) is 82.2 Å². The Kier molecular flexibility index (Phi) is 12.1. The summed E-state index contributed by atoms with van der Waals surface area (Å²) < 4.78 is 21.7. The van der Waals surface area contributed by atoms with Gasteiger partial charge in [-0.05, 0) is 91.0 Å². The number of carbonyl (C=O) groups is 4. The number of fused-ring (bicyclic) bond motifs is 6. The zero-order valence-electron chi connectivity index (χ0n) is 37.6. The van der Waals surface area contributed by atoms with E-state index in [0.29, 0.717) is 37.6 Å². The van der Waals surface area contributed by atoms with Gasteiger partial charge in [0.2, 0.25) is 5.91 Å². The minimum Gasteiger partial charge on any atom is -0.488 e. The first kappa shape index (κ1) is 43.6. The summed E-state index contributed by atoms with van der Waals surface area (Å²) in [6.07, 6.45) is 4.31. The molecule has 2 aromatic heterocycles. The van der Waals surface area contributed by atoms with Gasteiger partial charge in [0.15, 0.2) is 0 Å². The molecule has 4 aliphatic rings. The molecule has 2 fully saturated rings. The van der Waals surface area contributed by atoms with Crippen molar-refractivity contribution >= 4 is 24.0 Å². The fourth-order valence-corrected chi connectivity index (χ4v) is 10.1. The fourth-order valence-electron chi connectivity index (χ4n) is 10.1. The molecule has 4 N–H and O–H groups in total. The third-order valence-corrected chi connectivity index (χ3v) is 13.4. The molecule has 340 valence electrons. The van der Waals surface area contributed by atoms with Gasteiger partial charge in [0, 0.05) is 42.4 Å². The molecule has 16 heteroatoms. The fraction of sp³-hybridized carbons (Fsp3) is 0.429. The number of hydrogen-bond donors (Lipinski definition) is 4. The maximum absolute atomic E-state index is 14.3. The van der Waals surface area contributed by atoms with E-state index in [1.165, 1.54) is 19.8 Å². The molecule has 0 radical (unpaired) electrons. The van der Waals surface area contributed by atoms with Crippen LogP contribution in [0.25, 0.3) is 33.6 Å². The Morgan fingerprint density at radius 3 is 2.38 bits per heavy atom. The van der Waals surface area contributed by atoms with Gasteiger partial charge in [0.25, 0.3) is 5.91 Å². The van der Waals surface area contributed by atoms with Crippen molar-refractivity contribution in [3.8, 4) is 39.4 Å². The topological polar surface area (TPSA) is 193 Å². The molecule has 6 atom stereocenters. The number of nitrogens with one attached hydrogen (secondary N) is 4. The molecule has 0 spiro atoms. The SMILES string of the molecule is COCC1CC(c2ncc(-c3ccc4c(c3)COc3cc5c(cc3-4)CCc3[nH]c(C4CCC(C)N4C(=O)C(NC(=O)OC)C(C)C)nc3-5)[nH]2)N(C(=O)C(NC(=O)OC)c2ccccc2)C1. The lowest BCUT2D eigenvalue weighted by molar-refractivity contribution is -0.137. The van der Waals surface area contributed by atoms with E-state index in [9.17, 15) is 19.2 Å². The van der Waals surface area contributed by atoms with Crippen molar-refractivity contribution in [2.24, 2.45) is 11.8 Å². The van der Waals surface area contributed by atoms with Crippen LogP contribution in [0, 0.1) is 11.8 Å². The van der Waals surface area contributed by atoms with Crippen molar-refractivity contribution < 1.29 is 38.1 Å². The number of likely N-dealkylation sites (tertiary alicyclic amines) is 2. The summed E-state index contributed by atoms with van der Waals surface area (Å²) >= 11 is 0. The molecule has 1 aliphatic carbocycles. The maximum atomic E-state index is 14.3. The van der Waals surface area contributed by atoms with Crippen molar-refractivity contribution in [3.05, 3.63) is 101 Å². The van der Waals surface area contributed by atoms with Gasteiger partial charge in [0.1, 0.15) is 36.1 Å². The van der Waals surface area contributed by atoms with Crippen molar-refractivity contribution in [1.82, 2.24) is 40.4 Å². The van der Waals surface area contributed by atoms with Crippen LogP contribution < -0.4 is 15.4 Å². The van der Waals surface area contributed by atoms with Crippen molar-refractivity contribution in [2.75, 3.05) is 34.5 Å². The summed E-state index contributed by atoms with van der Waals surface area (Å²) in [5.74, 6) is 1.75. The number of H-pyrrole nitrogens is 2. The third kappa shape index (κ3) is 8.31. The first-order chi connectivity index (χ1) is 31.5. The maximum Gasteiger partial charge on any atom is 0.407 e. The first-order valence-corrected chi connectivity index (χ1v) is 22.4. The number of aryl methyl sites for hydroxylation is 2. The molecule has 6 unspecified atom stereocenters. The molecule has 4 amide bonds. The van der Waals surface area contributed by atoms with Gasteiger partial charge < -0.3 is 49.3 Å². The largest absolute Gasteiger partial charge is 0.488 e. The molecule has 3 aromatic carbocycles. The highest BCUT2D eigenvalue weighted by atomic mass is 16.5. The van der Waals surface area contributed by atoms with Gasteiger partial charge in [-0.1, -0.05) is 56.3 Å². The van der Waals surface area contributed by atoms with Crippen molar-refractivity contribution in [3.63, 3.8) is 0 Å². The molecule has 0 bridgehead atoms. The Labute approximate surface area is 377 Å². The van der Waals surface area contributed by atoms with E-state index in [1.54, 1.807) is 18.2 Å². The summed E-state index contributed by atoms with van der Waals surface area (Å²) in [6, 6.07) is 17.5. The number of ether oxygens (including phenoxy) is 4. The molecule has 16 nitrogen and oxygen atoms in total. The number of benzene rings is 3. The summed E-state index contributed by atoms with van der Waals surface area (Å²) in [6.45, 7) is 7.17. The van der Waals surface area contributed by atoms with E-state index in [-0.39, 0.29) is 41.8 Å². The number of amides is 4. The van der Waals surface area contributed by atoms with E-state index < -0.39 is 24.3 Å². The highest BCUT2D eigenvalue weighted by Crippen LogP contribution is 2.46. The van der Waals surface area contributed by atoms with E-state index in [2.05, 4.69) is 50.9 Å². The van der Waals surface area contributed by atoms with Crippen LogP contribution >= 0.6 is 0 Å². The predicted molar refractivity (Wildman–Crippen MR) is 240 cm³/mol. The van der Waals surface area contributed by atoms with Crippen LogP contribution in [0.2, 0.25) is 0 Å². The Hall–Kier alpha value is -6.68. The van der Waals surface area contributed by atoms with E-state index >= 15 is 0 Å². The number of rotatable bonds is 11. The van der Waals surface area contributed by atoms with Crippen LogP contribution in [0.1, 0.15) is 92.2 Å². The van der Waals surface area contributed by atoms with Gasteiger partial charge >= 0.3 is 12.2 Å². The lowest BCUT2D eigenvalue weighted by atomic mass is 9.86. The van der Waals surface area contributed by atoms with Gasteiger partial charge in [-0.2, -0.15) is 0 Å². The predicted octanol–water partition coefficient (Wildman–Crippen LogP) is 7.19. The van der Waals surface area contributed by atoms with Crippen LogP contribution in [0.5, 0.6) is 5.75 Å². The Balaban J connectivity index is 0.955. The quantitative estimate of drug-likeness (QED) is 0.106. The van der Waals surface area contributed by atoms with E-state index in [1.807, 2.05) is 56.0 Å². The molecular weight excluding hydrogens is 829 g/mol. The summed E-state index contributed by atoms with van der Waals surface area (Å²) in [5, 5.41) is 5.49. The average molecular weight is 885 g/mol. The molecule has 5 aromatic rings. The van der Waals surface area contributed by atoms with Gasteiger partial charge in [-0.15, -0.1) is 0 Å². The molecule has 9 rings (SSSR count). The third-order valence-electron chi connectivity index (χ3n) is 13.4. The number of methoxy groups -OCH3 is 3. The molecule has 0 saturated carbocycles. The number of alkyl carbamates (subject to hydrolysis) is 2. The molecule has 3 aliphatic heterocycles. The number of carbonyl (C=O) groups excluding carboxylic acids is 4. The van der Waals surface area contributed by atoms with E-state index in [4.69, 9.17) is 28.9 Å². The minimum atomic E-state index is -0.944. The highest BCUT2D eigenvalue weighted by molar-refractivity contribution is 5.88. The van der Waals surface area contributed by atoms with Gasteiger partial charge in [0.05, 0.1) is 50.5 Å². The average Bonchev–Trinajstić information content (AvgIpc) is 4.15. The van der Waals surface area contributed by atoms with Crippen LogP contribution in [-0.2, 0) is 43.2 Å². The number of aromatic amines is 2. The minimum absolute atomic E-state index is 0.0161. The number of hydrogen-bond acceptors (Lipinski definition) is 10. The van der Waals surface area contributed by atoms with Crippen molar-refractivity contribution in [2.45, 2.75) is 89.7 Å². The van der Waals surface area contributed by atoms with Crippen LogP contribution in [0.3, 0.4) is 0 Å². The number of nitrogens with zero attached hydrogens (tertiary/aromatic N) is 4.